The molecular formula is C9H12N2O2. The lowest BCUT2D eigenvalue weighted by molar-refractivity contribution is -0.139. The van der Waals surface area contributed by atoms with Crippen LogP contribution in [0.4, 0.5) is 0 Å². The number of nitrogens with two attached hydrogens (primary N) is 1. The quantitative estimate of drug-likeness (QED) is 0.677. The van der Waals surface area contributed by atoms with Gasteiger partial charge in [-0.3, -0.25) is 9.78 Å². The minimum absolute atomic E-state index is 0.255. The molecule has 0 aliphatic carbocycles. The van der Waals surface area contributed by atoms with Crippen molar-refractivity contribution in [1.82, 2.24) is 4.98 Å². The van der Waals surface area contributed by atoms with E-state index in [2.05, 4.69) is 9.72 Å². The Morgan fingerprint density at radius 1 is 1.69 bits per heavy atom. The molecule has 1 aromatic heterocycles. The van der Waals surface area contributed by atoms with Gasteiger partial charge in [0.2, 0.25) is 0 Å². The molecule has 4 heteroatoms. The Hall–Kier alpha value is -1.42. The maximum atomic E-state index is 10.9. The molecule has 0 aromatic carbocycles. The van der Waals surface area contributed by atoms with E-state index in [1.54, 1.807) is 18.3 Å². The van der Waals surface area contributed by atoms with Gasteiger partial charge in [0.05, 0.1) is 19.2 Å². The Morgan fingerprint density at radius 2 is 2.46 bits per heavy atom. The van der Waals surface area contributed by atoms with Crippen molar-refractivity contribution in [2.45, 2.75) is 13.0 Å². The minimum Gasteiger partial charge on any atom is -0.469 e. The monoisotopic (exact) mass is 180 g/mol. The molecule has 0 fully saturated rings. The molecule has 4 nitrogen and oxygen atoms in total. The molecule has 1 rings (SSSR count). The molecule has 2 N–H and O–H groups in total. The highest BCUT2D eigenvalue weighted by Gasteiger charge is 2.02. The predicted molar refractivity (Wildman–Crippen MR) is 47.8 cm³/mol. The van der Waals surface area contributed by atoms with E-state index in [-0.39, 0.29) is 12.4 Å². The van der Waals surface area contributed by atoms with Gasteiger partial charge >= 0.3 is 5.97 Å². The summed E-state index contributed by atoms with van der Waals surface area (Å²) in [6.45, 7) is 0.384. The van der Waals surface area contributed by atoms with Gasteiger partial charge in [0.15, 0.2) is 0 Å². The maximum absolute atomic E-state index is 10.9. The van der Waals surface area contributed by atoms with Crippen LogP contribution in [0.15, 0.2) is 18.3 Å². The van der Waals surface area contributed by atoms with Crippen LogP contribution in [-0.2, 0) is 22.5 Å². The third-order valence-corrected chi connectivity index (χ3v) is 1.67. The van der Waals surface area contributed by atoms with Gasteiger partial charge in [0.1, 0.15) is 0 Å². The summed E-state index contributed by atoms with van der Waals surface area (Å²) in [5, 5.41) is 0. The summed E-state index contributed by atoms with van der Waals surface area (Å²) in [6, 6.07) is 3.58. The number of ether oxygens (including phenoxy) is 1. The largest absolute Gasteiger partial charge is 0.469 e. The van der Waals surface area contributed by atoms with Gasteiger partial charge < -0.3 is 10.5 Å². The van der Waals surface area contributed by atoms with Crippen LogP contribution in [0.5, 0.6) is 0 Å². The van der Waals surface area contributed by atoms with Crippen LogP contribution in [0.3, 0.4) is 0 Å². The van der Waals surface area contributed by atoms with Crippen LogP contribution in [-0.4, -0.2) is 18.1 Å². The molecule has 0 spiro atoms. The molecule has 0 radical (unpaired) electrons. The molecule has 0 aliphatic heterocycles. The first-order valence-electron chi connectivity index (χ1n) is 3.97. The third kappa shape index (κ3) is 2.83. The number of pyridine rings is 1. The molecular weight excluding hydrogens is 168 g/mol. The van der Waals surface area contributed by atoms with E-state index in [0.29, 0.717) is 6.54 Å². The Kier molecular flexibility index (Phi) is 3.40. The zero-order valence-corrected chi connectivity index (χ0v) is 7.49. The first kappa shape index (κ1) is 9.67. The van der Waals surface area contributed by atoms with Crippen molar-refractivity contribution in [1.29, 1.82) is 0 Å². The van der Waals surface area contributed by atoms with Crippen LogP contribution >= 0.6 is 0 Å². The summed E-state index contributed by atoms with van der Waals surface area (Å²) in [5.41, 5.74) is 7.06. The summed E-state index contributed by atoms with van der Waals surface area (Å²) in [7, 11) is 1.37. The standard InChI is InChI=1S/C9H12N2O2/c1-13-9(12)5-7-2-3-11-8(4-7)6-10/h2-4H,5-6,10H2,1H3. The highest BCUT2D eigenvalue weighted by atomic mass is 16.5. The van der Waals surface area contributed by atoms with Crippen molar-refractivity contribution in [3.05, 3.63) is 29.6 Å². The molecule has 0 unspecified atom stereocenters. The number of hydrogen-bond donors (Lipinski definition) is 1. The second kappa shape index (κ2) is 4.57. The summed E-state index contributed by atoms with van der Waals surface area (Å²) in [4.78, 5) is 14.9. The number of esters is 1. The smallest absolute Gasteiger partial charge is 0.309 e. The van der Waals surface area contributed by atoms with Crippen LogP contribution in [0.1, 0.15) is 11.3 Å². The minimum atomic E-state index is -0.255. The molecule has 0 amide bonds. The van der Waals surface area contributed by atoms with E-state index in [1.165, 1.54) is 7.11 Å². The summed E-state index contributed by atoms with van der Waals surface area (Å²) >= 11 is 0. The fourth-order valence-electron chi connectivity index (χ4n) is 0.989. The molecule has 1 heterocycles. The second-order valence-corrected chi connectivity index (χ2v) is 2.61. The van der Waals surface area contributed by atoms with E-state index in [4.69, 9.17) is 5.73 Å². The SMILES string of the molecule is COC(=O)Cc1ccnc(CN)c1. The zero-order chi connectivity index (χ0) is 9.68. The van der Waals surface area contributed by atoms with Crippen LogP contribution in [0.25, 0.3) is 0 Å². The predicted octanol–water partition coefficient (Wildman–Crippen LogP) is 0.256. The highest BCUT2D eigenvalue weighted by Crippen LogP contribution is 2.02. The zero-order valence-electron chi connectivity index (χ0n) is 7.49. The topological polar surface area (TPSA) is 65.2 Å². The van der Waals surface area contributed by atoms with Crippen molar-refractivity contribution in [3.63, 3.8) is 0 Å². The molecule has 70 valence electrons. The second-order valence-electron chi connectivity index (χ2n) is 2.61. The molecule has 0 saturated heterocycles. The molecule has 0 aliphatic rings. The first-order valence-corrected chi connectivity index (χ1v) is 3.97. The van der Waals surface area contributed by atoms with Crippen LogP contribution < -0.4 is 5.73 Å². The number of methoxy groups -OCH3 is 1. The molecule has 0 atom stereocenters. The number of nitrogens with zero attached hydrogens (tertiary/aromatic N) is 1. The lowest BCUT2D eigenvalue weighted by atomic mass is 10.1. The lowest BCUT2D eigenvalue weighted by Crippen LogP contribution is -2.06. The van der Waals surface area contributed by atoms with Gasteiger partial charge in [0.25, 0.3) is 0 Å². The van der Waals surface area contributed by atoms with Gasteiger partial charge in [0, 0.05) is 12.7 Å². The van der Waals surface area contributed by atoms with E-state index in [9.17, 15) is 4.79 Å². The van der Waals surface area contributed by atoms with Gasteiger partial charge in [-0.1, -0.05) is 0 Å². The van der Waals surface area contributed by atoms with E-state index in [0.717, 1.165) is 11.3 Å². The summed E-state index contributed by atoms with van der Waals surface area (Å²) in [6.07, 6.45) is 1.91. The third-order valence-electron chi connectivity index (χ3n) is 1.67. The lowest BCUT2D eigenvalue weighted by Gasteiger charge is -2.01. The number of hydrogen-bond acceptors (Lipinski definition) is 4. The number of aromatic nitrogens is 1. The molecule has 0 bridgehead atoms. The van der Waals surface area contributed by atoms with Crippen LogP contribution in [0, 0.1) is 0 Å². The Labute approximate surface area is 76.7 Å². The first-order chi connectivity index (χ1) is 6.26. The van der Waals surface area contributed by atoms with Crippen molar-refractivity contribution in [3.8, 4) is 0 Å². The fourth-order valence-corrected chi connectivity index (χ4v) is 0.989. The average Bonchev–Trinajstić information content (AvgIpc) is 2.18. The summed E-state index contributed by atoms with van der Waals surface area (Å²) < 4.78 is 4.54. The molecule has 13 heavy (non-hydrogen) atoms. The fraction of sp³-hybridized carbons (Fsp3) is 0.333. The maximum Gasteiger partial charge on any atom is 0.309 e. The Balaban J connectivity index is 2.71. The Morgan fingerprint density at radius 3 is 3.08 bits per heavy atom. The van der Waals surface area contributed by atoms with Gasteiger partial charge in [-0.05, 0) is 17.7 Å². The highest BCUT2D eigenvalue weighted by molar-refractivity contribution is 5.72. The van der Waals surface area contributed by atoms with Gasteiger partial charge in [-0.2, -0.15) is 0 Å². The van der Waals surface area contributed by atoms with Crippen LogP contribution in [0.2, 0.25) is 0 Å². The number of carbonyl (C=O) groups excluding carboxylic acids is 1. The molecule has 1 aromatic rings. The average molecular weight is 180 g/mol. The summed E-state index contributed by atoms with van der Waals surface area (Å²) in [5.74, 6) is -0.255. The van der Waals surface area contributed by atoms with Gasteiger partial charge in [-0.15, -0.1) is 0 Å². The number of rotatable bonds is 3. The Bertz CT molecular complexity index is 299. The van der Waals surface area contributed by atoms with Crippen molar-refractivity contribution in [2.75, 3.05) is 7.11 Å². The van der Waals surface area contributed by atoms with E-state index >= 15 is 0 Å². The van der Waals surface area contributed by atoms with Crippen molar-refractivity contribution >= 4 is 5.97 Å². The normalized spacial score (nSPS) is 9.69. The number of carbonyl (C=O) groups is 1. The van der Waals surface area contributed by atoms with E-state index < -0.39 is 0 Å². The van der Waals surface area contributed by atoms with E-state index in [1.807, 2.05) is 0 Å². The van der Waals surface area contributed by atoms with Crippen molar-refractivity contribution < 1.29 is 9.53 Å². The van der Waals surface area contributed by atoms with Crippen molar-refractivity contribution in [2.24, 2.45) is 5.73 Å². The van der Waals surface area contributed by atoms with Gasteiger partial charge in [-0.25, -0.2) is 0 Å². The molecule has 0 saturated carbocycles.